The molecule has 22 heavy (non-hydrogen) atoms. The van der Waals surface area contributed by atoms with Crippen molar-refractivity contribution in [3.63, 3.8) is 0 Å². The van der Waals surface area contributed by atoms with E-state index in [-0.39, 0.29) is 13.2 Å². The van der Waals surface area contributed by atoms with Gasteiger partial charge in [-0.1, -0.05) is 29.8 Å². The molecule has 0 unspecified atom stereocenters. The average Bonchev–Trinajstić information content (AvgIpc) is 3.03. The molecule has 0 bridgehead atoms. The number of halogens is 1. The number of nitrogens with zero attached hydrogens (tertiary/aromatic N) is 2. The summed E-state index contributed by atoms with van der Waals surface area (Å²) in [6.07, 6.45) is 0. The molecular weight excluding hydrogens is 304 g/mol. The van der Waals surface area contributed by atoms with Crippen LogP contribution in [0.25, 0.3) is 11.5 Å². The van der Waals surface area contributed by atoms with Crippen LogP contribution < -0.4 is 4.74 Å². The number of hydrogen-bond acceptors (Lipinski definition) is 5. The van der Waals surface area contributed by atoms with E-state index >= 15 is 0 Å². The molecule has 0 aliphatic carbocycles. The Morgan fingerprint density at radius 3 is 2.59 bits per heavy atom. The number of hydrogen-bond donors (Lipinski definition) is 1. The molecule has 0 saturated heterocycles. The van der Waals surface area contributed by atoms with Crippen molar-refractivity contribution in [2.75, 3.05) is 0 Å². The molecule has 1 heterocycles. The van der Waals surface area contributed by atoms with E-state index in [2.05, 4.69) is 10.2 Å². The van der Waals surface area contributed by atoms with Crippen LogP contribution in [0.4, 0.5) is 0 Å². The van der Waals surface area contributed by atoms with Gasteiger partial charge in [0.2, 0.25) is 5.89 Å². The number of rotatable bonds is 5. The normalized spacial score (nSPS) is 10.6. The molecule has 2 aromatic carbocycles. The minimum atomic E-state index is -0.0873. The van der Waals surface area contributed by atoms with Crippen LogP contribution in [-0.4, -0.2) is 15.3 Å². The molecule has 5 nitrogen and oxygen atoms in total. The second kappa shape index (κ2) is 6.60. The van der Waals surface area contributed by atoms with Crippen molar-refractivity contribution in [2.45, 2.75) is 13.2 Å². The zero-order chi connectivity index (χ0) is 15.4. The lowest BCUT2D eigenvalue weighted by Gasteiger charge is -2.07. The van der Waals surface area contributed by atoms with Crippen LogP contribution in [0.3, 0.4) is 0 Å². The van der Waals surface area contributed by atoms with E-state index in [0.29, 0.717) is 28.1 Å². The van der Waals surface area contributed by atoms with E-state index < -0.39 is 0 Å². The molecule has 3 rings (SSSR count). The topological polar surface area (TPSA) is 68.4 Å². The maximum atomic E-state index is 9.25. The Morgan fingerprint density at radius 2 is 1.82 bits per heavy atom. The van der Waals surface area contributed by atoms with E-state index in [9.17, 15) is 5.11 Å². The summed E-state index contributed by atoms with van der Waals surface area (Å²) >= 11 is 5.84. The molecular formula is C16H13ClN2O3. The van der Waals surface area contributed by atoms with Crippen molar-refractivity contribution in [2.24, 2.45) is 0 Å². The van der Waals surface area contributed by atoms with Crippen molar-refractivity contribution in [1.29, 1.82) is 0 Å². The minimum absolute atomic E-state index is 0.0873. The number of para-hydroxylation sites is 1. The molecule has 0 atom stereocenters. The van der Waals surface area contributed by atoms with Crippen molar-refractivity contribution in [1.82, 2.24) is 10.2 Å². The summed E-state index contributed by atoms with van der Waals surface area (Å²) in [5, 5.41) is 17.8. The standard InChI is InChI=1S/C16H13ClN2O3/c17-13-7-5-11(6-8-13)16-19-18-15(22-16)10-21-14-4-2-1-3-12(14)9-20/h1-8,20H,9-10H2. The average molecular weight is 317 g/mol. The summed E-state index contributed by atoms with van der Waals surface area (Å²) in [5.41, 5.74) is 1.50. The Kier molecular flexibility index (Phi) is 4.37. The van der Waals surface area contributed by atoms with Crippen LogP contribution >= 0.6 is 11.6 Å². The fourth-order valence-corrected chi connectivity index (χ4v) is 2.06. The van der Waals surface area contributed by atoms with Crippen molar-refractivity contribution < 1.29 is 14.3 Å². The second-order valence-corrected chi connectivity index (χ2v) is 5.00. The van der Waals surface area contributed by atoms with Gasteiger partial charge in [0.05, 0.1) is 6.61 Å². The van der Waals surface area contributed by atoms with Gasteiger partial charge in [-0.25, -0.2) is 0 Å². The molecule has 112 valence electrons. The fourth-order valence-electron chi connectivity index (χ4n) is 1.94. The molecule has 1 N–H and O–H groups in total. The third kappa shape index (κ3) is 3.27. The summed E-state index contributed by atoms with van der Waals surface area (Å²) in [6, 6.07) is 14.4. The number of ether oxygens (including phenoxy) is 1. The summed E-state index contributed by atoms with van der Waals surface area (Å²) in [7, 11) is 0. The number of aliphatic hydroxyl groups is 1. The monoisotopic (exact) mass is 316 g/mol. The first-order valence-electron chi connectivity index (χ1n) is 6.66. The van der Waals surface area contributed by atoms with Gasteiger partial charge in [-0.05, 0) is 30.3 Å². The van der Waals surface area contributed by atoms with Crippen LogP contribution in [0.15, 0.2) is 52.9 Å². The van der Waals surface area contributed by atoms with Gasteiger partial charge in [0.25, 0.3) is 5.89 Å². The number of aromatic nitrogens is 2. The SMILES string of the molecule is OCc1ccccc1OCc1nnc(-c2ccc(Cl)cc2)o1. The van der Waals surface area contributed by atoms with E-state index in [1.54, 1.807) is 24.3 Å². The first-order chi connectivity index (χ1) is 10.8. The molecule has 0 spiro atoms. The third-order valence-corrected chi connectivity index (χ3v) is 3.30. The maximum absolute atomic E-state index is 9.25. The zero-order valence-electron chi connectivity index (χ0n) is 11.6. The first-order valence-corrected chi connectivity index (χ1v) is 7.04. The Bertz CT molecular complexity index is 756. The molecule has 3 aromatic rings. The lowest BCUT2D eigenvalue weighted by molar-refractivity contribution is 0.242. The molecule has 0 saturated carbocycles. The lowest BCUT2D eigenvalue weighted by atomic mass is 10.2. The van der Waals surface area contributed by atoms with E-state index in [1.807, 2.05) is 24.3 Å². The fraction of sp³-hybridized carbons (Fsp3) is 0.125. The predicted octanol–water partition coefficient (Wildman–Crippen LogP) is 3.46. The highest BCUT2D eigenvalue weighted by molar-refractivity contribution is 6.30. The predicted molar refractivity (Wildman–Crippen MR) is 81.4 cm³/mol. The van der Waals surface area contributed by atoms with Gasteiger partial charge in [0.1, 0.15) is 5.75 Å². The Hall–Kier alpha value is -2.37. The second-order valence-electron chi connectivity index (χ2n) is 4.56. The molecule has 0 fully saturated rings. The highest BCUT2D eigenvalue weighted by Gasteiger charge is 2.10. The highest BCUT2D eigenvalue weighted by Crippen LogP contribution is 2.22. The molecule has 0 aliphatic heterocycles. The summed E-state index contributed by atoms with van der Waals surface area (Å²) in [5.74, 6) is 1.36. The van der Waals surface area contributed by atoms with Crippen LogP contribution in [-0.2, 0) is 13.2 Å². The van der Waals surface area contributed by atoms with Gasteiger partial charge >= 0.3 is 0 Å². The van der Waals surface area contributed by atoms with Crippen LogP contribution in [0.2, 0.25) is 5.02 Å². The number of benzene rings is 2. The van der Waals surface area contributed by atoms with Gasteiger partial charge in [-0.3, -0.25) is 0 Å². The summed E-state index contributed by atoms with van der Waals surface area (Å²) in [6.45, 7) is 0.0492. The van der Waals surface area contributed by atoms with Gasteiger partial charge in [-0.2, -0.15) is 0 Å². The molecule has 1 aromatic heterocycles. The molecule has 0 aliphatic rings. The Morgan fingerprint density at radius 1 is 1.05 bits per heavy atom. The zero-order valence-corrected chi connectivity index (χ0v) is 12.3. The third-order valence-electron chi connectivity index (χ3n) is 3.05. The highest BCUT2D eigenvalue weighted by atomic mass is 35.5. The Labute approximate surface area is 132 Å². The van der Waals surface area contributed by atoms with E-state index in [4.69, 9.17) is 20.8 Å². The molecule has 0 amide bonds. The number of aliphatic hydroxyl groups excluding tert-OH is 1. The Balaban J connectivity index is 1.71. The molecule has 6 heteroatoms. The van der Waals surface area contributed by atoms with Gasteiger partial charge in [-0.15, -0.1) is 10.2 Å². The first kappa shape index (κ1) is 14.6. The van der Waals surface area contributed by atoms with Crippen molar-refractivity contribution >= 4 is 11.6 Å². The largest absolute Gasteiger partial charge is 0.483 e. The summed E-state index contributed by atoms with van der Waals surface area (Å²) < 4.78 is 11.2. The quantitative estimate of drug-likeness (QED) is 0.780. The van der Waals surface area contributed by atoms with Crippen LogP contribution in [0.1, 0.15) is 11.5 Å². The van der Waals surface area contributed by atoms with Gasteiger partial charge in [0.15, 0.2) is 6.61 Å². The van der Waals surface area contributed by atoms with Gasteiger partial charge in [0, 0.05) is 16.1 Å². The smallest absolute Gasteiger partial charge is 0.254 e. The maximum Gasteiger partial charge on any atom is 0.254 e. The van der Waals surface area contributed by atoms with Crippen LogP contribution in [0.5, 0.6) is 5.75 Å². The van der Waals surface area contributed by atoms with Crippen molar-refractivity contribution in [3.8, 4) is 17.2 Å². The molecule has 0 radical (unpaired) electrons. The minimum Gasteiger partial charge on any atom is -0.483 e. The van der Waals surface area contributed by atoms with Crippen LogP contribution in [0, 0.1) is 0 Å². The van der Waals surface area contributed by atoms with E-state index in [1.165, 1.54) is 0 Å². The lowest BCUT2D eigenvalue weighted by Crippen LogP contribution is -1.98. The van der Waals surface area contributed by atoms with Gasteiger partial charge < -0.3 is 14.3 Å². The summed E-state index contributed by atoms with van der Waals surface area (Å²) in [4.78, 5) is 0. The van der Waals surface area contributed by atoms with Crippen molar-refractivity contribution in [3.05, 3.63) is 65.0 Å². The van der Waals surface area contributed by atoms with E-state index in [0.717, 1.165) is 5.56 Å².